The highest BCUT2D eigenvalue weighted by Crippen LogP contribution is 2.24. The summed E-state index contributed by atoms with van der Waals surface area (Å²) in [5.74, 6) is 0.684. The Kier molecular flexibility index (Phi) is 3.82. The van der Waals surface area contributed by atoms with Gasteiger partial charge < -0.3 is 0 Å². The molecule has 1 rings (SSSR count). The molecule has 0 bridgehead atoms. The lowest BCUT2D eigenvalue weighted by molar-refractivity contribution is 0.472. The lowest BCUT2D eigenvalue weighted by Crippen LogP contribution is -2.13. The predicted octanol–water partition coefficient (Wildman–Crippen LogP) is 3.88. The average molecular weight is 229 g/mol. The summed E-state index contributed by atoms with van der Waals surface area (Å²) in [5.41, 5.74) is 1.14. The molecule has 86 valence electrons. The van der Waals surface area contributed by atoms with E-state index in [1.54, 1.807) is 0 Å². The zero-order valence-electron chi connectivity index (χ0n) is 10.3. The van der Waals surface area contributed by atoms with E-state index >= 15 is 0 Å². The summed E-state index contributed by atoms with van der Waals surface area (Å²) in [6.45, 7) is 11.8. The van der Waals surface area contributed by atoms with E-state index in [1.807, 2.05) is 10.7 Å². The molecular weight excluding hydrogens is 208 g/mol. The van der Waals surface area contributed by atoms with Gasteiger partial charge in [-0.2, -0.15) is 5.10 Å². The van der Waals surface area contributed by atoms with Crippen molar-refractivity contribution in [2.75, 3.05) is 0 Å². The molecule has 0 unspecified atom stereocenters. The second kappa shape index (κ2) is 4.56. The molecule has 0 saturated heterocycles. The van der Waals surface area contributed by atoms with E-state index in [4.69, 9.17) is 11.6 Å². The van der Waals surface area contributed by atoms with Crippen LogP contribution < -0.4 is 0 Å². The van der Waals surface area contributed by atoms with Crippen LogP contribution in [0.3, 0.4) is 0 Å². The summed E-state index contributed by atoms with van der Waals surface area (Å²) in [6, 6.07) is 1.97. The maximum atomic E-state index is 6.13. The van der Waals surface area contributed by atoms with E-state index in [0.29, 0.717) is 5.92 Å². The second-order valence-electron chi connectivity index (χ2n) is 5.51. The summed E-state index contributed by atoms with van der Waals surface area (Å²) in [6.07, 6.45) is 1.12. The number of aryl methyl sites for hydroxylation is 1. The molecule has 3 heteroatoms. The smallest absolute Gasteiger partial charge is 0.127 e. The van der Waals surface area contributed by atoms with Crippen LogP contribution >= 0.6 is 11.6 Å². The van der Waals surface area contributed by atoms with Crippen LogP contribution in [0.15, 0.2) is 6.07 Å². The molecular formula is C12H21ClN2. The Morgan fingerprint density at radius 2 is 2.00 bits per heavy atom. The largest absolute Gasteiger partial charge is 0.254 e. The van der Waals surface area contributed by atoms with Crippen LogP contribution in [0.4, 0.5) is 0 Å². The van der Waals surface area contributed by atoms with Crippen molar-refractivity contribution in [1.82, 2.24) is 9.78 Å². The van der Waals surface area contributed by atoms with Crippen molar-refractivity contribution in [3.8, 4) is 0 Å². The Balaban J connectivity index is 2.78. The lowest BCUT2D eigenvalue weighted by atomic mass is 9.93. The van der Waals surface area contributed by atoms with Gasteiger partial charge in [0.2, 0.25) is 0 Å². The Bertz CT molecular complexity index is 321. The van der Waals surface area contributed by atoms with Gasteiger partial charge in [-0.15, -0.1) is 0 Å². The van der Waals surface area contributed by atoms with Crippen LogP contribution in [0.5, 0.6) is 0 Å². The first-order chi connectivity index (χ1) is 6.80. The highest BCUT2D eigenvalue weighted by atomic mass is 35.5. The molecule has 0 saturated carbocycles. The predicted molar refractivity (Wildman–Crippen MR) is 65.4 cm³/mol. The number of hydrogen-bond acceptors (Lipinski definition) is 1. The van der Waals surface area contributed by atoms with Gasteiger partial charge in [-0.3, -0.25) is 4.68 Å². The molecule has 0 fully saturated rings. The summed E-state index contributed by atoms with van der Waals surface area (Å²) in [4.78, 5) is 0. The third-order valence-electron chi connectivity index (χ3n) is 2.42. The first-order valence-corrected chi connectivity index (χ1v) is 5.92. The van der Waals surface area contributed by atoms with Gasteiger partial charge in [-0.25, -0.2) is 0 Å². The highest BCUT2D eigenvalue weighted by Gasteiger charge is 2.19. The van der Waals surface area contributed by atoms with Gasteiger partial charge in [-0.1, -0.05) is 46.2 Å². The maximum absolute atomic E-state index is 6.13. The van der Waals surface area contributed by atoms with Crippen LogP contribution in [-0.4, -0.2) is 9.78 Å². The van der Waals surface area contributed by atoms with Crippen LogP contribution in [-0.2, 0) is 12.0 Å². The zero-order chi connectivity index (χ0) is 11.6. The monoisotopic (exact) mass is 228 g/mol. The summed E-state index contributed by atoms with van der Waals surface area (Å²) in [5, 5.41) is 5.29. The van der Waals surface area contributed by atoms with Gasteiger partial charge in [0, 0.05) is 12.0 Å². The topological polar surface area (TPSA) is 17.8 Å². The van der Waals surface area contributed by atoms with Crippen molar-refractivity contribution < 1.29 is 0 Å². The summed E-state index contributed by atoms with van der Waals surface area (Å²) < 4.78 is 1.90. The number of rotatable bonds is 3. The van der Waals surface area contributed by atoms with Gasteiger partial charge in [-0.05, 0) is 18.4 Å². The lowest BCUT2D eigenvalue weighted by Gasteiger charge is -2.14. The third kappa shape index (κ3) is 3.53. The molecule has 15 heavy (non-hydrogen) atoms. The minimum atomic E-state index is 0.0761. The molecule has 0 aliphatic carbocycles. The fourth-order valence-electron chi connectivity index (χ4n) is 1.30. The molecule has 0 aromatic carbocycles. The minimum Gasteiger partial charge on any atom is -0.254 e. The molecule has 1 aromatic heterocycles. The Hall–Kier alpha value is -0.500. The van der Waals surface area contributed by atoms with Gasteiger partial charge >= 0.3 is 0 Å². The summed E-state index contributed by atoms with van der Waals surface area (Å²) >= 11 is 6.13. The van der Waals surface area contributed by atoms with Crippen molar-refractivity contribution in [2.24, 2.45) is 5.92 Å². The van der Waals surface area contributed by atoms with Gasteiger partial charge in [0.25, 0.3) is 0 Å². The van der Waals surface area contributed by atoms with Crippen molar-refractivity contribution >= 4 is 11.6 Å². The van der Waals surface area contributed by atoms with E-state index in [1.165, 1.54) is 0 Å². The highest BCUT2D eigenvalue weighted by molar-refractivity contribution is 6.29. The molecule has 0 aliphatic heterocycles. The van der Waals surface area contributed by atoms with Gasteiger partial charge in [0.1, 0.15) is 5.15 Å². The fourth-order valence-corrected chi connectivity index (χ4v) is 1.52. The minimum absolute atomic E-state index is 0.0761. The molecule has 0 atom stereocenters. The number of nitrogens with zero attached hydrogens (tertiary/aromatic N) is 2. The first-order valence-electron chi connectivity index (χ1n) is 5.54. The molecule has 1 aromatic rings. The average Bonchev–Trinajstić information content (AvgIpc) is 2.42. The quantitative estimate of drug-likeness (QED) is 0.768. The van der Waals surface area contributed by atoms with Crippen LogP contribution in [0.1, 0.15) is 46.7 Å². The third-order valence-corrected chi connectivity index (χ3v) is 2.72. The number of aromatic nitrogens is 2. The standard InChI is InChI=1S/C12H21ClN2/c1-9(2)6-7-15-11(13)8-10(14-15)12(3,4)5/h8-9H,6-7H2,1-5H3. The Labute approximate surface area is 97.6 Å². The molecule has 0 N–H and O–H groups in total. The van der Waals surface area contributed by atoms with Crippen molar-refractivity contribution in [1.29, 1.82) is 0 Å². The van der Waals surface area contributed by atoms with Crippen LogP contribution in [0, 0.1) is 5.92 Å². The van der Waals surface area contributed by atoms with Crippen LogP contribution in [0.2, 0.25) is 5.15 Å². The van der Waals surface area contributed by atoms with E-state index < -0.39 is 0 Å². The van der Waals surface area contributed by atoms with Crippen molar-refractivity contribution in [3.63, 3.8) is 0 Å². The molecule has 0 radical (unpaired) electrons. The molecule has 1 heterocycles. The molecule has 0 spiro atoms. The van der Waals surface area contributed by atoms with E-state index in [9.17, 15) is 0 Å². The van der Waals surface area contributed by atoms with E-state index in [2.05, 4.69) is 39.7 Å². The Morgan fingerprint density at radius 1 is 1.40 bits per heavy atom. The van der Waals surface area contributed by atoms with Crippen molar-refractivity contribution in [2.45, 2.75) is 53.0 Å². The SMILES string of the molecule is CC(C)CCn1nc(C(C)(C)C)cc1Cl. The molecule has 0 aliphatic rings. The number of hydrogen-bond donors (Lipinski definition) is 0. The molecule has 0 amide bonds. The number of halogens is 1. The zero-order valence-corrected chi connectivity index (χ0v) is 11.1. The van der Waals surface area contributed by atoms with Gasteiger partial charge in [0.05, 0.1) is 5.69 Å². The van der Waals surface area contributed by atoms with E-state index in [-0.39, 0.29) is 5.41 Å². The summed E-state index contributed by atoms with van der Waals surface area (Å²) in [7, 11) is 0. The fraction of sp³-hybridized carbons (Fsp3) is 0.750. The maximum Gasteiger partial charge on any atom is 0.127 e. The second-order valence-corrected chi connectivity index (χ2v) is 5.90. The van der Waals surface area contributed by atoms with Gasteiger partial charge in [0.15, 0.2) is 0 Å². The molecule has 2 nitrogen and oxygen atoms in total. The van der Waals surface area contributed by atoms with E-state index in [0.717, 1.165) is 23.8 Å². The normalized spacial score (nSPS) is 12.5. The first kappa shape index (κ1) is 12.6. The van der Waals surface area contributed by atoms with Crippen molar-refractivity contribution in [3.05, 3.63) is 16.9 Å². The van der Waals surface area contributed by atoms with Crippen LogP contribution in [0.25, 0.3) is 0 Å². The Morgan fingerprint density at radius 3 is 2.40 bits per heavy atom.